The molecular weight excluding hydrogens is 180 g/mol. The molecule has 3 nitrogen and oxygen atoms in total. The van der Waals surface area contributed by atoms with Crippen molar-refractivity contribution in [3.63, 3.8) is 0 Å². The lowest BCUT2D eigenvalue weighted by molar-refractivity contribution is 0.137. The summed E-state index contributed by atoms with van der Waals surface area (Å²) in [6.45, 7) is 6.64. The summed E-state index contributed by atoms with van der Waals surface area (Å²) in [5, 5.41) is 13.9. The van der Waals surface area contributed by atoms with Gasteiger partial charge in [-0.05, 0) is 18.8 Å². The molecule has 0 bridgehead atoms. The molecule has 0 aromatic carbocycles. The highest BCUT2D eigenvalue weighted by molar-refractivity contribution is 5.53. The van der Waals surface area contributed by atoms with E-state index >= 15 is 0 Å². The molecule has 14 heavy (non-hydrogen) atoms. The predicted molar refractivity (Wildman–Crippen MR) is 57.4 cm³/mol. The van der Waals surface area contributed by atoms with Crippen molar-refractivity contribution in [2.75, 3.05) is 0 Å². The third kappa shape index (κ3) is 30.8. The molecule has 0 aromatic rings. The molecule has 0 heterocycles. The van der Waals surface area contributed by atoms with Crippen LogP contribution in [0, 0.1) is 17.8 Å². The van der Waals surface area contributed by atoms with Gasteiger partial charge in [0.15, 0.2) is 0 Å². The van der Waals surface area contributed by atoms with Gasteiger partial charge in [0, 0.05) is 12.8 Å². The van der Waals surface area contributed by atoms with Crippen LogP contribution in [-0.2, 0) is 0 Å². The van der Waals surface area contributed by atoms with Crippen molar-refractivity contribution >= 4 is 6.16 Å². The van der Waals surface area contributed by atoms with E-state index in [1.165, 1.54) is 12.8 Å². The van der Waals surface area contributed by atoms with Crippen LogP contribution in [0.2, 0.25) is 0 Å². The van der Waals surface area contributed by atoms with Crippen LogP contribution < -0.4 is 0 Å². The van der Waals surface area contributed by atoms with Gasteiger partial charge in [0.2, 0.25) is 0 Å². The molecule has 0 saturated heterocycles. The monoisotopic (exact) mass is 200 g/mol. The van der Waals surface area contributed by atoms with Crippen LogP contribution in [0.5, 0.6) is 0 Å². The van der Waals surface area contributed by atoms with E-state index in [4.69, 9.17) is 15.0 Å². The summed E-state index contributed by atoms with van der Waals surface area (Å²) < 4.78 is 0. The Morgan fingerprint density at radius 3 is 2.00 bits per heavy atom. The molecule has 3 heteroatoms. The third-order valence-electron chi connectivity index (χ3n) is 1.35. The van der Waals surface area contributed by atoms with E-state index in [9.17, 15) is 0 Å². The van der Waals surface area contributed by atoms with Gasteiger partial charge in [0.05, 0.1) is 0 Å². The first-order chi connectivity index (χ1) is 6.50. The van der Waals surface area contributed by atoms with Crippen molar-refractivity contribution in [3.05, 3.63) is 0 Å². The molecule has 0 saturated carbocycles. The molecule has 0 spiro atoms. The second-order valence-electron chi connectivity index (χ2n) is 3.32. The van der Waals surface area contributed by atoms with Crippen molar-refractivity contribution < 1.29 is 15.0 Å². The molecule has 0 rings (SSSR count). The van der Waals surface area contributed by atoms with E-state index in [1.807, 2.05) is 0 Å². The zero-order valence-electron chi connectivity index (χ0n) is 9.21. The van der Waals surface area contributed by atoms with Crippen molar-refractivity contribution in [1.29, 1.82) is 0 Å². The molecule has 0 aliphatic carbocycles. The molecule has 0 fully saturated rings. The first kappa shape index (κ1) is 15.3. The molecule has 0 amide bonds. The zero-order valence-corrected chi connectivity index (χ0v) is 9.21. The van der Waals surface area contributed by atoms with Crippen LogP contribution in [0.25, 0.3) is 0 Å². The topological polar surface area (TPSA) is 57.5 Å². The molecule has 0 aliphatic heterocycles. The Morgan fingerprint density at radius 2 is 1.64 bits per heavy atom. The van der Waals surface area contributed by atoms with E-state index in [1.54, 1.807) is 0 Å². The van der Waals surface area contributed by atoms with Gasteiger partial charge in [-0.3, -0.25) is 0 Å². The van der Waals surface area contributed by atoms with Crippen molar-refractivity contribution in [1.82, 2.24) is 0 Å². The second kappa shape index (κ2) is 11.8. The molecule has 0 aromatic heterocycles. The Labute approximate surface area is 86.1 Å². The second-order valence-corrected chi connectivity index (χ2v) is 3.32. The molecule has 0 atom stereocenters. The zero-order chi connectivity index (χ0) is 11.4. The molecule has 0 unspecified atom stereocenters. The fourth-order valence-electron chi connectivity index (χ4n) is 0.663. The van der Waals surface area contributed by atoms with Crippen molar-refractivity contribution in [2.45, 2.75) is 46.5 Å². The maximum Gasteiger partial charge on any atom is 0.503 e. The van der Waals surface area contributed by atoms with Crippen molar-refractivity contribution in [2.24, 2.45) is 5.92 Å². The smallest absolute Gasteiger partial charge is 0.450 e. The highest BCUT2D eigenvalue weighted by Gasteiger charge is 1.88. The minimum Gasteiger partial charge on any atom is -0.450 e. The lowest BCUT2D eigenvalue weighted by Crippen LogP contribution is -1.83. The molecule has 0 aliphatic rings. The highest BCUT2D eigenvalue weighted by atomic mass is 16.6. The molecule has 2 N–H and O–H groups in total. The van der Waals surface area contributed by atoms with Crippen LogP contribution in [0.15, 0.2) is 0 Å². The van der Waals surface area contributed by atoms with Crippen molar-refractivity contribution in [3.8, 4) is 11.8 Å². The average molecular weight is 200 g/mol. The fourth-order valence-corrected chi connectivity index (χ4v) is 0.663. The summed E-state index contributed by atoms with van der Waals surface area (Å²) >= 11 is 0. The van der Waals surface area contributed by atoms with E-state index < -0.39 is 6.16 Å². The van der Waals surface area contributed by atoms with Gasteiger partial charge < -0.3 is 10.2 Å². The van der Waals surface area contributed by atoms with E-state index in [0.29, 0.717) is 0 Å². The van der Waals surface area contributed by atoms with Gasteiger partial charge in [-0.1, -0.05) is 20.8 Å². The van der Waals surface area contributed by atoms with Gasteiger partial charge in [-0.15, -0.1) is 11.8 Å². The first-order valence-electron chi connectivity index (χ1n) is 4.88. The SMILES string of the molecule is CCCC#CCCC(C)C.O=C(O)O. The number of carboxylic acid groups (broad SMARTS) is 2. The Balaban J connectivity index is 0. The minimum atomic E-state index is -1.83. The minimum absolute atomic E-state index is 0.802. The molecule has 82 valence electrons. The standard InChI is InChI=1S/C10H18.CH2O3/c1-4-5-6-7-8-9-10(2)3;2-1(3)4/h10H,4-5,8-9H2,1-3H3;(H2,2,3,4). The Hall–Kier alpha value is -1.17. The van der Waals surface area contributed by atoms with Crippen LogP contribution in [0.1, 0.15) is 46.5 Å². The van der Waals surface area contributed by atoms with Gasteiger partial charge in [-0.2, -0.15) is 0 Å². The predicted octanol–water partition coefficient (Wildman–Crippen LogP) is 3.45. The lowest BCUT2D eigenvalue weighted by atomic mass is 10.1. The third-order valence-corrected chi connectivity index (χ3v) is 1.35. The van der Waals surface area contributed by atoms with Crippen LogP contribution in [0.4, 0.5) is 4.79 Å². The number of hydrogen-bond donors (Lipinski definition) is 2. The van der Waals surface area contributed by atoms with Gasteiger partial charge >= 0.3 is 6.16 Å². The summed E-state index contributed by atoms with van der Waals surface area (Å²) in [5.41, 5.74) is 0. The van der Waals surface area contributed by atoms with Gasteiger partial charge in [0.25, 0.3) is 0 Å². The highest BCUT2D eigenvalue weighted by Crippen LogP contribution is 2.01. The Bertz CT molecular complexity index is 182. The summed E-state index contributed by atoms with van der Waals surface area (Å²) in [4.78, 5) is 8.56. The molecular formula is C11H20O3. The summed E-state index contributed by atoms with van der Waals surface area (Å²) in [6.07, 6.45) is 2.75. The number of rotatable bonds is 3. The fraction of sp³-hybridized carbons (Fsp3) is 0.727. The first-order valence-corrected chi connectivity index (χ1v) is 4.88. The number of carbonyl (C=O) groups is 1. The van der Waals surface area contributed by atoms with Crippen LogP contribution in [-0.4, -0.2) is 16.4 Å². The van der Waals surface area contributed by atoms with Crippen LogP contribution >= 0.6 is 0 Å². The maximum atomic E-state index is 8.56. The Morgan fingerprint density at radius 1 is 1.21 bits per heavy atom. The maximum absolute atomic E-state index is 8.56. The normalized spacial score (nSPS) is 8.29. The number of unbranched alkanes of at least 4 members (excludes halogenated alkanes) is 1. The lowest BCUT2D eigenvalue weighted by Gasteiger charge is -1.96. The van der Waals surface area contributed by atoms with E-state index in [0.717, 1.165) is 18.8 Å². The van der Waals surface area contributed by atoms with Crippen LogP contribution in [0.3, 0.4) is 0 Å². The number of hydrogen-bond acceptors (Lipinski definition) is 1. The van der Waals surface area contributed by atoms with E-state index in [2.05, 4.69) is 32.6 Å². The summed E-state index contributed by atoms with van der Waals surface area (Å²) in [7, 11) is 0. The molecule has 0 radical (unpaired) electrons. The average Bonchev–Trinajstić information content (AvgIpc) is 2.02. The van der Waals surface area contributed by atoms with Gasteiger partial charge in [-0.25, -0.2) is 4.79 Å². The van der Waals surface area contributed by atoms with Gasteiger partial charge in [0.1, 0.15) is 0 Å². The summed E-state index contributed by atoms with van der Waals surface area (Å²) in [6, 6.07) is 0. The largest absolute Gasteiger partial charge is 0.503 e. The Kier molecular flexibility index (Phi) is 12.9. The van der Waals surface area contributed by atoms with E-state index in [-0.39, 0.29) is 0 Å². The summed E-state index contributed by atoms with van der Waals surface area (Å²) in [5.74, 6) is 7.11. The quantitative estimate of drug-likeness (QED) is 0.686.